The van der Waals surface area contributed by atoms with E-state index in [-0.39, 0.29) is 6.42 Å². The molecular formula is C18H31NO5Si. The standard InChI is InChI=1S/C18H31NO5Si/c1-4-22-25(23-5-2,24-6-3)16-10-14-19(15-13-18(20)21)17-11-8-7-9-12-17/h7-9,11-12H,4-6,10,13-16H2,1-3H3,(H,20,21). The summed E-state index contributed by atoms with van der Waals surface area (Å²) in [5, 5.41) is 8.99. The van der Waals surface area contributed by atoms with Crippen molar-refractivity contribution in [1.82, 2.24) is 0 Å². The van der Waals surface area contributed by atoms with E-state index in [2.05, 4.69) is 4.90 Å². The summed E-state index contributed by atoms with van der Waals surface area (Å²) < 4.78 is 17.6. The van der Waals surface area contributed by atoms with Gasteiger partial charge in [0.1, 0.15) is 0 Å². The molecule has 1 rings (SSSR count). The van der Waals surface area contributed by atoms with Crippen molar-refractivity contribution in [3.63, 3.8) is 0 Å². The molecule has 1 N–H and O–H groups in total. The van der Waals surface area contributed by atoms with Crippen LogP contribution in [0, 0.1) is 0 Å². The summed E-state index contributed by atoms with van der Waals surface area (Å²) in [5.74, 6) is -0.789. The van der Waals surface area contributed by atoms with E-state index >= 15 is 0 Å². The summed E-state index contributed by atoms with van der Waals surface area (Å²) in [7, 11) is -2.65. The van der Waals surface area contributed by atoms with Gasteiger partial charge in [-0.25, -0.2) is 0 Å². The van der Waals surface area contributed by atoms with E-state index in [1.165, 1.54) is 0 Å². The maximum Gasteiger partial charge on any atom is 0.500 e. The number of benzene rings is 1. The molecule has 6 nitrogen and oxygen atoms in total. The quantitative estimate of drug-likeness (QED) is 0.507. The van der Waals surface area contributed by atoms with Crippen LogP contribution in [0.1, 0.15) is 33.6 Å². The van der Waals surface area contributed by atoms with E-state index in [1.807, 2.05) is 51.1 Å². The molecule has 0 amide bonds. The smallest absolute Gasteiger partial charge is 0.481 e. The third-order valence-corrected chi connectivity index (χ3v) is 6.87. The Morgan fingerprint density at radius 1 is 1.00 bits per heavy atom. The molecule has 0 saturated carbocycles. The molecule has 25 heavy (non-hydrogen) atoms. The van der Waals surface area contributed by atoms with Crippen LogP contribution in [0.2, 0.25) is 6.04 Å². The van der Waals surface area contributed by atoms with E-state index < -0.39 is 14.8 Å². The van der Waals surface area contributed by atoms with E-state index in [0.717, 1.165) is 24.7 Å². The molecule has 0 radical (unpaired) electrons. The highest BCUT2D eigenvalue weighted by Gasteiger charge is 2.39. The van der Waals surface area contributed by atoms with Gasteiger partial charge in [-0.05, 0) is 39.3 Å². The SMILES string of the molecule is CCO[Si](CCCN(CCC(=O)O)c1ccccc1)(OCC)OCC. The Kier molecular flexibility index (Phi) is 10.4. The third kappa shape index (κ3) is 8.00. The highest BCUT2D eigenvalue weighted by Crippen LogP contribution is 2.20. The second-order valence-electron chi connectivity index (χ2n) is 5.55. The molecular weight excluding hydrogens is 338 g/mol. The van der Waals surface area contributed by atoms with Crippen LogP contribution in [0.5, 0.6) is 0 Å². The lowest BCUT2D eigenvalue weighted by Gasteiger charge is -2.30. The first-order valence-electron chi connectivity index (χ1n) is 9.00. The minimum Gasteiger partial charge on any atom is -0.481 e. The molecule has 7 heteroatoms. The Morgan fingerprint density at radius 2 is 1.56 bits per heavy atom. The first-order valence-corrected chi connectivity index (χ1v) is 10.9. The lowest BCUT2D eigenvalue weighted by atomic mass is 10.2. The minimum atomic E-state index is -2.65. The highest BCUT2D eigenvalue weighted by atomic mass is 28.4. The second kappa shape index (κ2) is 12.0. The summed E-state index contributed by atoms with van der Waals surface area (Å²) in [6, 6.07) is 10.6. The summed E-state index contributed by atoms with van der Waals surface area (Å²) in [6.07, 6.45) is 0.931. The lowest BCUT2D eigenvalue weighted by Crippen LogP contribution is -2.46. The highest BCUT2D eigenvalue weighted by molar-refractivity contribution is 6.60. The molecule has 0 saturated heterocycles. The zero-order valence-electron chi connectivity index (χ0n) is 15.6. The number of aliphatic carboxylic acids is 1. The van der Waals surface area contributed by atoms with Crippen molar-refractivity contribution < 1.29 is 23.2 Å². The number of carbonyl (C=O) groups is 1. The van der Waals surface area contributed by atoms with Gasteiger partial charge in [-0.15, -0.1) is 0 Å². The van der Waals surface area contributed by atoms with Gasteiger partial charge in [-0.3, -0.25) is 4.79 Å². The summed E-state index contributed by atoms with van der Waals surface area (Å²) >= 11 is 0. The largest absolute Gasteiger partial charge is 0.500 e. The number of para-hydroxylation sites is 1. The van der Waals surface area contributed by atoms with Crippen molar-refractivity contribution in [1.29, 1.82) is 0 Å². The van der Waals surface area contributed by atoms with Crippen LogP contribution in [-0.4, -0.2) is 52.8 Å². The Bertz CT molecular complexity index is 469. The average molecular weight is 370 g/mol. The van der Waals surface area contributed by atoms with Crippen LogP contribution >= 0.6 is 0 Å². The van der Waals surface area contributed by atoms with Gasteiger partial charge in [-0.2, -0.15) is 0 Å². The van der Waals surface area contributed by atoms with Crippen LogP contribution < -0.4 is 4.90 Å². The van der Waals surface area contributed by atoms with Gasteiger partial charge in [0, 0.05) is 44.6 Å². The number of rotatable bonds is 14. The van der Waals surface area contributed by atoms with Crippen molar-refractivity contribution in [2.75, 3.05) is 37.8 Å². The monoisotopic (exact) mass is 369 g/mol. The molecule has 0 unspecified atom stereocenters. The van der Waals surface area contributed by atoms with Crippen molar-refractivity contribution in [3.05, 3.63) is 30.3 Å². The maximum atomic E-state index is 10.9. The Morgan fingerprint density at radius 3 is 2.04 bits per heavy atom. The normalized spacial score (nSPS) is 11.5. The summed E-state index contributed by atoms with van der Waals surface area (Å²) in [6.45, 7) is 8.74. The van der Waals surface area contributed by atoms with Gasteiger partial charge in [0.15, 0.2) is 0 Å². The molecule has 1 aromatic rings. The van der Waals surface area contributed by atoms with E-state index in [9.17, 15) is 4.79 Å². The molecule has 0 aliphatic carbocycles. The first kappa shape index (κ1) is 21.6. The van der Waals surface area contributed by atoms with Crippen LogP contribution in [0.25, 0.3) is 0 Å². The zero-order valence-corrected chi connectivity index (χ0v) is 16.6. The van der Waals surface area contributed by atoms with Crippen LogP contribution in [0.15, 0.2) is 30.3 Å². The van der Waals surface area contributed by atoms with Gasteiger partial charge in [0.05, 0.1) is 6.42 Å². The molecule has 0 aromatic heterocycles. The molecule has 1 aromatic carbocycles. The van der Waals surface area contributed by atoms with Gasteiger partial charge >= 0.3 is 14.8 Å². The van der Waals surface area contributed by atoms with Crippen molar-refractivity contribution in [3.8, 4) is 0 Å². The van der Waals surface area contributed by atoms with Gasteiger partial charge in [0.25, 0.3) is 0 Å². The molecule has 0 bridgehead atoms. The second-order valence-corrected chi connectivity index (χ2v) is 8.28. The molecule has 0 aliphatic rings. The molecule has 0 aliphatic heterocycles. The first-order chi connectivity index (χ1) is 12.1. The number of carboxylic acids is 1. The van der Waals surface area contributed by atoms with Crippen molar-refractivity contribution in [2.24, 2.45) is 0 Å². The number of nitrogens with zero attached hydrogens (tertiary/aromatic N) is 1. The van der Waals surface area contributed by atoms with Crippen LogP contribution in [0.4, 0.5) is 5.69 Å². The minimum absolute atomic E-state index is 0.111. The van der Waals surface area contributed by atoms with Crippen molar-refractivity contribution >= 4 is 20.5 Å². The predicted octanol–water partition coefficient (Wildman–Crippen LogP) is 3.41. The summed E-state index contributed by atoms with van der Waals surface area (Å²) in [4.78, 5) is 13.0. The molecule has 142 valence electrons. The maximum absolute atomic E-state index is 10.9. The summed E-state index contributed by atoms with van der Waals surface area (Å²) in [5.41, 5.74) is 1.03. The predicted molar refractivity (Wildman–Crippen MR) is 101 cm³/mol. The molecule has 0 heterocycles. The van der Waals surface area contributed by atoms with Gasteiger partial charge < -0.3 is 23.3 Å². The topological polar surface area (TPSA) is 68.2 Å². The lowest BCUT2D eigenvalue weighted by molar-refractivity contribution is -0.136. The molecule has 0 spiro atoms. The third-order valence-electron chi connectivity index (χ3n) is 3.72. The molecule has 0 atom stereocenters. The Hall–Kier alpha value is -1.41. The fourth-order valence-electron chi connectivity index (χ4n) is 2.73. The number of anilines is 1. The van der Waals surface area contributed by atoms with E-state index in [4.69, 9.17) is 18.4 Å². The fraction of sp³-hybridized carbons (Fsp3) is 0.611. The van der Waals surface area contributed by atoms with Crippen LogP contribution in [0.3, 0.4) is 0 Å². The Labute approximate surface area is 152 Å². The van der Waals surface area contributed by atoms with Gasteiger partial charge in [0.2, 0.25) is 0 Å². The van der Waals surface area contributed by atoms with E-state index in [1.54, 1.807) is 0 Å². The Balaban J connectivity index is 2.71. The number of hydrogen-bond acceptors (Lipinski definition) is 5. The zero-order chi connectivity index (χ0) is 18.5. The average Bonchev–Trinajstić information content (AvgIpc) is 2.59. The van der Waals surface area contributed by atoms with Gasteiger partial charge in [-0.1, -0.05) is 18.2 Å². The number of hydrogen-bond donors (Lipinski definition) is 1. The molecule has 0 fully saturated rings. The van der Waals surface area contributed by atoms with Crippen LogP contribution in [-0.2, 0) is 18.1 Å². The van der Waals surface area contributed by atoms with E-state index in [0.29, 0.717) is 26.4 Å². The number of carboxylic acid groups (broad SMARTS) is 1. The fourth-order valence-corrected chi connectivity index (χ4v) is 5.32. The van der Waals surface area contributed by atoms with Crippen molar-refractivity contribution in [2.45, 2.75) is 39.7 Å².